The van der Waals surface area contributed by atoms with Gasteiger partial charge in [-0.3, -0.25) is 0 Å². The van der Waals surface area contributed by atoms with Gasteiger partial charge in [0.25, 0.3) is 0 Å². The molecular weight excluding hydrogens is 252 g/mol. The van der Waals surface area contributed by atoms with E-state index in [4.69, 9.17) is 4.74 Å². The van der Waals surface area contributed by atoms with Crippen LogP contribution in [0.4, 0.5) is 11.5 Å². The molecule has 5 heteroatoms. The lowest BCUT2D eigenvalue weighted by molar-refractivity contribution is 0.210. The average molecular weight is 272 g/mol. The Bertz CT molecular complexity index is 557. The first kappa shape index (κ1) is 14.3. The molecule has 2 aromatic rings. The molecule has 5 nitrogen and oxygen atoms in total. The fraction of sp³-hybridized carbons (Fsp3) is 0.333. The Hall–Kier alpha value is -2.14. The van der Waals surface area contributed by atoms with Crippen LogP contribution < -0.4 is 10.2 Å². The smallest absolute Gasteiger partial charge is 0.130 e. The zero-order valence-corrected chi connectivity index (χ0v) is 12.1. The predicted molar refractivity (Wildman–Crippen MR) is 82.2 cm³/mol. The Morgan fingerprint density at radius 2 is 2.00 bits per heavy atom. The van der Waals surface area contributed by atoms with Crippen LogP contribution in [-0.2, 0) is 4.74 Å². The van der Waals surface area contributed by atoms with Crippen molar-refractivity contribution in [3.8, 4) is 11.3 Å². The maximum Gasteiger partial charge on any atom is 0.130 e. The van der Waals surface area contributed by atoms with Gasteiger partial charge in [-0.15, -0.1) is 0 Å². The van der Waals surface area contributed by atoms with Crippen LogP contribution in [0.15, 0.2) is 36.7 Å². The number of methoxy groups -OCH3 is 1. The van der Waals surface area contributed by atoms with Gasteiger partial charge in [0.2, 0.25) is 0 Å². The number of rotatable bonds is 6. The number of benzene rings is 1. The third kappa shape index (κ3) is 3.45. The highest BCUT2D eigenvalue weighted by Gasteiger charge is 2.08. The standard InChI is InChI=1S/C15H20N4O/c1-19(2)14-7-5-4-6-12(14)13-10-15(18-11-17-13)16-8-9-20-3/h4-7,10-11H,8-9H2,1-3H3,(H,16,17,18). The molecule has 0 spiro atoms. The molecule has 1 aromatic carbocycles. The van der Waals surface area contributed by atoms with Crippen LogP contribution in [0.1, 0.15) is 0 Å². The molecule has 0 aliphatic carbocycles. The van der Waals surface area contributed by atoms with Crippen molar-refractivity contribution in [3.63, 3.8) is 0 Å². The zero-order valence-electron chi connectivity index (χ0n) is 12.1. The van der Waals surface area contributed by atoms with Crippen molar-refractivity contribution in [1.29, 1.82) is 0 Å². The highest BCUT2D eigenvalue weighted by Crippen LogP contribution is 2.28. The summed E-state index contributed by atoms with van der Waals surface area (Å²) in [5, 5.41) is 3.21. The van der Waals surface area contributed by atoms with E-state index in [2.05, 4.69) is 32.3 Å². The summed E-state index contributed by atoms with van der Waals surface area (Å²) in [6.07, 6.45) is 1.58. The lowest BCUT2D eigenvalue weighted by Crippen LogP contribution is -2.11. The molecule has 0 aliphatic heterocycles. The molecule has 0 fully saturated rings. The van der Waals surface area contributed by atoms with Crippen molar-refractivity contribution in [2.75, 3.05) is 44.6 Å². The van der Waals surface area contributed by atoms with Crippen molar-refractivity contribution >= 4 is 11.5 Å². The maximum atomic E-state index is 5.02. The highest BCUT2D eigenvalue weighted by atomic mass is 16.5. The van der Waals surface area contributed by atoms with Gasteiger partial charge in [-0.2, -0.15) is 0 Å². The van der Waals surface area contributed by atoms with Gasteiger partial charge < -0.3 is 15.0 Å². The second-order valence-electron chi connectivity index (χ2n) is 4.62. The van der Waals surface area contributed by atoms with Gasteiger partial charge >= 0.3 is 0 Å². The van der Waals surface area contributed by atoms with Crippen molar-refractivity contribution < 1.29 is 4.74 Å². The molecule has 0 radical (unpaired) electrons. The van der Waals surface area contributed by atoms with Gasteiger partial charge in [-0.1, -0.05) is 18.2 Å². The Kier molecular flexibility index (Phi) is 4.90. The SMILES string of the molecule is COCCNc1cc(-c2ccccc2N(C)C)ncn1. The van der Waals surface area contributed by atoms with E-state index in [0.29, 0.717) is 6.61 Å². The molecule has 0 amide bonds. The number of hydrogen-bond acceptors (Lipinski definition) is 5. The van der Waals surface area contributed by atoms with Crippen molar-refractivity contribution in [2.45, 2.75) is 0 Å². The van der Waals surface area contributed by atoms with Gasteiger partial charge in [0.1, 0.15) is 12.1 Å². The van der Waals surface area contributed by atoms with E-state index >= 15 is 0 Å². The second kappa shape index (κ2) is 6.86. The van der Waals surface area contributed by atoms with Gasteiger partial charge in [0.15, 0.2) is 0 Å². The van der Waals surface area contributed by atoms with Crippen LogP contribution in [-0.4, -0.2) is 44.3 Å². The maximum absolute atomic E-state index is 5.02. The van der Waals surface area contributed by atoms with E-state index < -0.39 is 0 Å². The van der Waals surface area contributed by atoms with Crippen LogP contribution >= 0.6 is 0 Å². The minimum atomic E-state index is 0.646. The summed E-state index contributed by atoms with van der Waals surface area (Å²) in [7, 11) is 5.73. The van der Waals surface area contributed by atoms with Crippen LogP contribution in [0.25, 0.3) is 11.3 Å². The van der Waals surface area contributed by atoms with E-state index in [1.807, 2.05) is 32.3 Å². The molecule has 0 saturated carbocycles. The zero-order chi connectivity index (χ0) is 14.4. The molecule has 1 aromatic heterocycles. The Labute approximate surface area is 119 Å². The summed E-state index contributed by atoms with van der Waals surface area (Å²) >= 11 is 0. The number of para-hydroxylation sites is 1. The average Bonchev–Trinajstić information content (AvgIpc) is 2.48. The molecule has 0 unspecified atom stereocenters. The Morgan fingerprint density at radius 3 is 2.75 bits per heavy atom. The second-order valence-corrected chi connectivity index (χ2v) is 4.62. The van der Waals surface area contributed by atoms with E-state index in [9.17, 15) is 0 Å². The van der Waals surface area contributed by atoms with Crippen molar-refractivity contribution in [1.82, 2.24) is 9.97 Å². The lowest BCUT2D eigenvalue weighted by Gasteiger charge is -2.17. The van der Waals surface area contributed by atoms with Gasteiger partial charge in [0.05, 0.1) is 12.3 Å². The van der Waals surface area contributed by atoms with Crippen LogP contribution in [0.3, 0.4) is 0 Å². The number of aromatic nitrogens is 2. The first-order valence-electron chi connectivity index (χ1n) is 6.54. The van der Waals surface area contributed by atoms with Crippen molar-refractivity contribution in [2.24, 2.45) is 0 Å². The Morgan fingerprint density at radius 1 is 1.20 bits per heavy atom. The molecule has 0 saturated heterocycles. The summed E-state index contributed by atoms with van der Waals surface area (Å²) < 4.78 is 5.02. The van der Waals surface area contributed by atoms with Crippen LogP contribution in [0.2, 0.25) is 0 Å². The fourth-order valence-electron chi connectivity index (χ4n) is 1.96. The minimum absolute atomic E-state index is 0.646. The topological polar surface area (TPSA) is 50.3 Å². The summed E-state index contributed by atoms with van der Waals surface area (Å²) in [4.78, 5) is 10.7. The van der Waals surface area contributed by atoms with E-state index in [1.54, 1.807) is 13.4 Å². The number of nitrogens with one attached hydrogen (secondary N) is 1. The molecule has 0 aliphatic rings. The molecule has 0 atom stereocenters. The van der Waals surface area contributed by atoms with Crippen LogP contribution in [0.5, 0.6) is 0 Å². The number of nitrogens with zero attached hydrogens (tertiary/aromatic N) is 3. The lowest BCUT2D eigenvalue weighted by atomic mass is 10.1. The van der Waals surface area contributed by atoms with Gasteiger partial charge in [0, 0.05) is 45.1 Å². The summed E-state index contributed by atoms with van der Waals surface area (Å²) in [5.74, 6) is 0.806. The first-order chi connectivity index (χ1) is 9.72. The normalized spacial score (nSPS) is 10.3. The summed E-state index contributed by atoms with van der Waals surface area (Å²) in [5.41, 5.74) is 3.13. The molecule has 1 N–H and O–H groups in total. The molecule has 20 heavy (non-hydrogen) atoms. The minimum Gasteiger partial charge on any atom is -0.383 e. The van der Waals surface area contributed by atoms with Crippen molar-refractivity contribution in [3.05, 3.63) is 36.7 Å². The monoisotopic (exact) mass is 272 g/mol. The van der Waals surface area contributed by atoms with E-state index in [-0.39, 0.29) is 0 Å². The molecule has 2 rings (SSSR count). The fourth-order valence-corrected chi connectivity index (χ4v) is 1.96. The van der Waals surface area contributed by atoms with Gasteiger partial charge in [-0.25, -0.2) is 9.97 Å². The number of anilines is 2. The quantitative estimate of drug-likeness (QED) is 0.817. The van der Waals surface area contributed by atoms with E-state index in [1.165, 1.54) is 0 Å². The Balaban J connectivity index is 2.27. The summed E-state index contributed by atoms with van der Waals surface area (Å²) in [6.45, 7) is 1.37. The number of hydrogen-bond donors (Lipinski definition) is 1. The first-order valence-corrected chi connectivity index (χ1v) is 6.54. The van der Waals surface area contributed by atoms with Crippen LogP contribution in [0, 0.1) is 0 Å². The molecule has 0 bridgehead atoms. The third-order valence-electron chi connectivity index (χ3n) is 2.94. The molecule has 106 valence electrons. The highest BCUT2D eigenvalue weighted by molar-refractivity contribution is 5.77. The van der Waals surface area contributed by atoms with E-state index in [0.717, 1.165) is 29.3 Å². The largest absolute Gasteiger partial charge is 0.383 e. The third-order valence-corrected chi connectivity index (χ3v) is 2.94. The number of ether oxygens (including phenoxy) is 1. The molecular formula is C15H20N4O. The predicted octanol–water partition coefficient (Wildman–Crippen LogP) is 2.27. The summed E-state index contributed by atoms with van der Waals surface area (Å²) in [6, 6.07) is 10.1. The van der Waals surface area contributed by atoms with Gasteiger partial charge in [-0.05, 0) is 6.07 Å². The molecule has 1 heterocycles.